The quantitative estimate of drug-likeness (QED) is 0.818. The Hall–Kier alpha value is -2.07. The molecule has 0 spiro atoms. The summed E-state index contributed by atoms with van der Waals surface area (Å²) in [6, 6.07) is 2.52. The van der Waals surface area contributed by atoms with Gasteiger partial charge in [0.05, 0.1) is 17.7 Å². The third-order valence-corrected chi connectivity index (χ3v) is 2.10. The van der Waals surface area contributed by atoms with Crippen LogP contribution in [0.25, 0.3) is 0 Å². The summed E-state index contributed by atoms with van der Waals surface area (Å²) in [5, 5.41) is 17.3. The Bertz CT molecular complexity index is 483. The van der Waals surface area contributed by atoms with Crippen LogP contribution in [0.5, 0.6) is 0 Å². The molecule has 3 N–H and O–H groups in total. The summed E-state index contributed by atoms with van der Waals surface area (Å²) >= 11 is 0. The van der Waals surface area contributed by atoms with E-state index in [0.29, 0.717) is 0 Å². The van der Waals surface area contributed by atoms with Gasteiger partial charge in [-0.05, 0) is 11.6 Å². The Balaban J connectivity index is 3.34. The molecule has 7 heteroatoms. The van der Waals surface area contributed by atoms with Crippen LogP contribution in [0.2, 0.25) is 0 Å². The van der Waals surface area contributed by atoms with E-state index >= 15 is 0 Å². The largest absolute Gasteiger partial charge is 0.481 e. The number of carboxylic acids is 1. The first-order valence-corrected chi connectivity index (χ1v) is 4.62. The number of nitrogens with two attached hydrogens (primary N) is 1. The lowest BCUT2D eigenvalue weighted by Crippen LogP contribution is -2.12. The van der Waals surface area contributed by atoms with E-state index < -0.39 is 30.1 Å². The lowest BCUT2D eigenvalue weighted by Gasteiger charge is -2.09. The summed E-state index contributed by atoms with van der Waals surface area (Å²) in [7, 11) is 0. The molecule has 1 rings (SSSR count). The minimum atomic E-state index is -2.88. The molecule has 1 heterocycles. The van der Waals surface area contributed by atoms with Crippen LogP contribution in [0.4, 0.5) is 8.78 Å². The predicted octanol–water partition coefficient (Wildman–Crippen LogP) is 0.977. The molecule has 0 saturated carbocycles. The van der Waals surface area contributed by atoms with Crippen molar-refractivity contribution < 1.29 is 18.7 Å². The zero-order valence-electron chi connectivity index (χ0n) is 8.65. The number of pyridine rings is 1. The highest BCUT2D eigenvalue weighted by Gasteiger charge is 2.18. The topological polar surface area (TPSA) is 100 Å². The van der Waals surface area contributed by atoms with Crippen molar-refractivity contribution in [1.29, 1.82) is 5.26 Å². The van der Waals surface area contributed by atoms with Gasteiger partial charge in [-0.25, -0.2) is 13.8 Å². The number of halogens is 2. The van der Waals surface area contributed by atoms with Crippen molar-refractivity contribution >= 4 is 5.97 Å². The second-order valence-electron chi connectivity index (χ2n) is 3.22. The third-order valence-electron chi connectivity index (χ3n) is 2.10. The average molecular weight is 241 g/mol. The minimum Gasteiger partial charge on any atom is -0.481 e. The third kappa shape index (κ3) is 2.95. The van der Waals surface area contributed by atoms with Crippen molar-refractivity contribution in [3.8, 4) is 6.07 Å². The molecule has 90 valence electrons. The van der Waals surface area contributed by atoms with Crippen molar-refractivity contribution in [1.82, 2.24) is 4.98 Å². The number of hydrogen-bond donors (Lipinski definition) is 2. The molecule has 1 aromatic heterocycles. The molecule has 0 unspecified atom stereocenters. The lowest BCUT2D eigenvalue weighted by atomic mass is 10.0. The molecule has 0 aliphatic carbocycles. The first kappa shape index (κ1) is 13.0. The van der Waals surface area contributed by atoms with Crippen molar-refractivity contribution in [2.75, 3.05) is 0 Å². The van der Waals surface area contributed by atoms with Crippen LogP contribution in [0, 0.1) is 11.3 Å². The van der Waals surface area contributed by atoms with Gasteiger partial charge in [0.15, 0.2) is 0 Å². The van der Waals surface area contributed by atoms with E-state index in [1.165, 1.54) is 6.07 Å². The lowest BCUT2D eigenvalue weighted by molar-refractivity contribution is -0.136. The Morgan fingerprint density at radius 3 is 2.71 bits per heavy atom. The summed E-state index contributed by atoms with van der Waals surface area (Å²) in [6.07, 6.45) is -3.33. The summed E-state index contributed by atoms with van der Waals surface area (Å²) in [6.45, 7) is -0.110. The Kier molecular flexibility index (Phi) is 4.06. The number of nitrogens with zero attached hydrogens (tertiary/aromatic N) is 2. The SMILES string of the molecule is N#Cc1nc(CN)c(CC(=O)O)cc1C(F)F. The second kappa shape index (κ2) is 5.32. The van der Waals surface area contributed by atoms with Crippen LogP contribution < -0.4 is 5.73 Å². The van der Waals surface area contributed by atoms with E-state index in [9.17, 15) is 13.6 Å². The van der Waals surface area contributed by atoms with Gasteiger partial charge in [-0.2, -0.15) is 5.26 Å². The molecule has 0 saturated heterocycles. The van der Waals surface area contributed by atoms with Crippen LogP contribution in [0.1, 0.15) is 28.9 Å². The van der Waals surface area contributed by atoms with Gasteiger partial charge in [0.2, 0.25) is 0 Å². The number of hydrogen-bond acceptors (Lipinski definition) is 4. The van der Waals surface area contributed by atoms with Crippen molar-refractivity contribution in [2.45, 2.75) is 19.4 Å². The molecule has 17 heavy (non-hydrogen) atoms. The Labute approximate surface area is 95.5 Å². The molecule has 0 aliphatic rings. The summed E-state index contributed by atoms with van der Waals surface area (Å²) in [5.41, 5.74) is 4.59. The fraction of sp³-hybridized carbons (Fsp3) is 0.300. The van der Waals surface area contributed by atoms with E-state index in [2.05, 4.69) is 4.98 Å². The standard InChI is InChI=1S/C10H9F2N3O2/c11-10(12)6-1-5(2-9(16)17)7(3-13)15-8(6)4-14/h1,10H,2-3,13H2,(H,16,17). The fourth-order valence-electron chi connectivity index (χ4n) is 1.36. The van der Waals surface area contributed by atoms with Gasteiger partial charge in [-0.15, -0.1) is 0 Å². The number of rotatable bonds is 4. The molecule has 0 aromatic carbocycles. The highest BCUT2D eigenvalue weighted by Crippen LogP contribution is 2.24. The van der Waals surface area contributed by atoms with Gasteiger partial charge >= 0.3 is 5.97 Å². The van der Waals surface area contributed by atoms with E-state index in [1.54, 1.807) is 0 Å². The van der Waals surface area contributed by atoms with E-state index in [-0.39, 0.29) is 17.8 Å². The van der Waals surface area contributed by atoms with Gasteiger partial charge in [0.25, 0.3) is 6.43 Å². The van der Waals surface area contributed by atoms with Gasteiger partial charge in [-0.1, -0.05) is 0 Å². The van der Waals surface area contributed by atoms with E-state index in [1.807, 2.05) is 0 Å². The van der Waals surface area contributed by atoms with Crippen molar-refractivity contribution in [2.24, 2.45) is 5.73 Å². The molecule has 0 aliphatic heterocycles. The first-order valence-electron chi connectivity index (χ1n) is 4.62. The molecule has 0 radical (unpaired) electrons. The number of nitriles is 1. The maximum atomic E-state index is 12.6. The smallest absolute Gasteiger partial charge is 0.307 e. The maximum absolute atomic E-state index is 12.6. The van der Waals surface area contributed by atoms with Crippen LogP contribution in [0.3, 0.4) is 0 Å². The van der Waals surface area contributed by atoms with Crippen molar-refractivity contribution in [3.05, 3.63) is 28.6 Å². The molecule has 0 amide bonds. The summed E-state index contributed by atoms with van der Waals surface area (Å²) in [5.74, 6) is -1.17. The normalized spacial score (nSPS) is 10.3. The molecule has 5 nitrogen and oxygen atoms in total. The molecule has 0 bridgehead atoms. The molecule has 1 aromatic rings. The zero-order chi connectivity index (χ0) is 13.0. The highest BCUT2D eigenvalue weighted by molar-refractivity contribution is 5.70. The predicted molar refractivity (Wildman–Crippen MR) is 53.1 cm³/mol. The monoisotopic (exact) mass is 241 g/mol. The Morgan fingerprint density at radius 2 is 2.29 bits per heavy atom. The zero-order valence-corrected chi connectivity index (χ0v) is 8.65. The number of carboxylic acid groups (broad SMARTS) is 1. The number of aliphatic carboxylic acids is 1. The Morgan fingerprint density at radius 1 is 1.65 bits per heavy atom. The van der Waals surface area contributed by atoms with E-state index in [0.717, 1.165) is 6.07 Å². The number of aromatic nitrogens is 1. The molecular weight excluding hydrogens is 232 g/mol. The molecule has 0 atom stereocenters. The fourth-order valence-corrected chi connectivity index (χ4v) is 1.36. The maximum Gasteiger partial charge on any atom is 0.307 e. The van der Waals surface area contributed by atoms with Gasteiger partial charge < -0.3 is 10.8 Å². The first-order chi connectivity index (χ1) is 7.99. The number of alkyl halides is 2. The highest BCUT2D eigenvalue weighted by atomic mass is 19.3. The van der Waals surface area contributed by atoms with Crippen LogP contribution in [-0.2, 0) is 17.8 Å². The van der Waals surface area contributed by atoms with Gasteiger partial charge in [-0.3, -0.25) is 4.79 Å². The van der Waals surface area contributed by atoms with Crippen LogP contribution in [0.15, 0.2) is 6.07 Å². The molecule has 0 fully saturated rings. The minimum absolute atomic E-state index is 0.106. The van der Waals surface area contributed by atoms with Crippen LogP contribution in [-0.4, -0.2) is 16.1 Å². The molecular formula is C10H9F2N3O2. The van der Waals surface area contributed by atoms with Gasteiger partial charge in [0.1, 0.15) is 11.8 Å². The number of carbonyl (C=O) groups is 1. The van der Waals surface area contributed by atoms with Crippen LogP contribution >= 0.6 is 0 Å². The summed E-state index contributed by atoms with van der Waals surface area (Å²) in [4.78, 5) is 14.2. The van der Waals surface area contributed by atoms with Crippen molar-refractivity contribution in [3.63, 3.8) is 0 Å². The second-order valence-corrected chi connectivity index (χ2v) is 3.22. The summed E-state index contributed by atoms with van der Waals surface area (Å²) < 4.78 is 25.2. The van der Waals surface area contributed by atoms with Gasteiger partial charge in [0, 0.05) is 6.54 Å². The average Bonchev–Trinajstić information content (AvgIpc) is 2.27. The van der Waals surface area contributed by atoms with E-state index in [4.69, 9.17) is 16.1 Å².